The fraction of sp³-hybridized carbons (Fsp3) is 0.429. The molecule has 0 unspecified atom stereocenters. The van der Waals surface area contributed by atoms with Crippen molar-refractivity contribution in [1.82, 2.24) is 16.0 Å². The Labute approximate surface area is 127 Å². The van der Waals surface area contributed by atoms with E-state index in [4.69, 9.17) is 0 Å². The third-order valence-electron chi connectivity index (χ3n) is 2.55. The predicted molar refractivity (Wildman–Crippen MR) is 82.6 cm³/mol. The molecule has 3 N–H and O–H groups in total. The number of hydrogen-bond acceptors (Lipinski definition) is 3. The van der Waals surface area contributed by atoms with Crippen LogP contribution in [-0.2, 0) is 4.79 Å². The van der Waals surface area contributed by atoms with Gasteiger partial charge in [-0.2, -0.15) is 0 Å². The van der Waals surface area contributed by atoms with Crippen molar-refractivity contribution in [3.05, 3.63) is 34.3 Å². The molecule has 0 saturated heterocycles. The molecule has 0 aliphatic heterocycles. The van der Waals surface area contributed by atoms with Crippen molar-refractivity contribution in [2.75, 3.05) is 26.2 Å². The molecule has 0 aliphatic rings. The quantitative estimate of drug-likeness (QED) is 0.624. The third kappa shape index (κ3) is 6.68. The third-order valence-corrected chi connectivity index (χ3v) is 3.04. The van der Waals surface area contributed by atoms with E-state index in [-0.39, 0.29) is 18.4 Å². The normalized spacial score (nSPS) is 10.1. The zero-order valence-corrected chi connectivity index (χ0v) is 13.1. The summed E-state index contributed by atoms with van der Waals surface area (Å²) in [7, 11) is 0. The van der Waals surface area contributed by atoms with E-state index in [0.717, 1.165) is 24.0 Å². The molecule has 0 fully saturated rings. The molecule has 0 spiro atoms. The largest absolute Gasteiger partial charge is 0.353 e. The lowest BCUT2D eigenvalue weighted by molar-refractivity contribution is -0.120. The summed E-state index contributed by atoms with van der Waals surface area (Å²) in [4.78, 5) is 23.3. The number of carbonyl (C=O) groups excluding carboxylic acids is 2. The van der Waals surface area contributed by atoms with Gasteiger partial charge in [0.25, 0.3) is 5.91 Å². The summed E-state index contributed by atoms with van der Waals surface area (Å²) in [6.07, 6.45) is 1.07. The van der Waals surface area contributed by atoms with E-state index in [2.05, 4.69) is 38.8 Å². The highest BCUT2D eigenvalue weighted by Crippen LogP contribution is 2.11. The van der Waals surface area contributed by atoms with Crippen molar-refractivity contribution in [3.63, 3.8) is 0 Å². The Morgan fingerprint density at radius 1 is 1.15 bits per heavy atom. The molecule has 0 aromatic heterocycles. The number of benzene rings is 1. The molecule has 5 nitrogen and oxygen atoms in total. The molecule has 20 heavy (non-hydrogen) atoms. The summed E-state index contributed by atoms with van der Waals surface area (Å²) < 4.78 is 0.830. The molecule has 0 atom stereocenters. The molecule has 1 aromatic carbocycles. The second kappa shape index (κ2) is 9.50. The summed E-state index contributed by atoms with van der Waals surface area (Å²) in [6.45, 7) is 4.31. The average Bonchev–Trinajstić information content (AvgIpc) is 2.44. The van der Waals surface area contributed by atoms with Crippen LogP contribution in [0.25, 0.3) is 0 Å². The molecule has 6 heteroatoms. The molecule has 0 radical (unpaired) electrons. The first kappa shape index (κ1) is 16.7. The number of carbonyl (C=O) groups is 2. The van der Waals surface area contributed by atoms with Crippen molar-refractivity contribution >= 4 is 27.7 Å². The number of hydrogen-bond donors (Lipinski definition) is 3. The van der Waals surface area contributed by atoms with Gasteiger partial charge in [0.1, 0.15) is 0 Å². The van der Waals surface area contributed by atoms with Crippen LogP contribution in [0.5, 0.6) is 0 Å². The smallest absolute Gasteiger partial charge is 0.251 e. The molecular formula is C14H20BrN3O2. The standard InChI is InChI=1S/C14H20BrN3O2/c1-2-6-16-7-8-17-13(19)10-18-14(20)11-4-3-5-12(15)9-11/h3-5,9,16H,2,6-8,10H2,1H3,(H,17,19)(H,18,20). The van der Waals surface area contributed by atoms with Crippen molar-refractivity contribution in [2.45, 2.75) is 13.3 Å². The Kier molecular flexibility index (Phi) is 7.91. The molecule has 0 aliphatic carbocycles. The topological polar surface area (TPSA) is 70.2 Å². The molecule has 0 bridgehead atoms. The van der Waals surface area contributed by atoms with Crippen molar-refractivity contribution in [2.24, 2.45) is 0 Å². The second-order valence-electron chi connectivity index (χ2n) is 4.29. The summed E-state index contributed by atoms with van der Waals surface area (Å²) in [5.41, 5.74) is 0.525. The maximum absolute atomic E-state index is 11.8. The first-order chi connectivity index (χ1) is 9.63. The predicted octanol–water partition coefficient (Wildman–Crippen LogP) is 1.29. The lowest BCUT2D eigenvalue weighted by Crippen LogP contribution is -2.39. The highest BCUT2D eigenvalue weighted by Gasteiger charge is 2.07. The molecule has 2 amide bonds. The minimum Gasteiger partial charge on any atom is -0.353 e. The summed E-state index contributed by atoms with van der Waals surface area (Å²) in [6, 6.07) is 7.03. The zero-order valence-electron chi connectivity index (χ0n) is 11.5. The minimum absolute atomic E-state index is 0.0148. The van der Waals surface area contributed by atoms with Gasteiger partial charge in [0.15, 0.2) is 0 Å². The zero-order chi connectivity index (χ0) is 14.8. The van der Waals surface area contributed by atoms with Crippen LogP contribution in [0.15, 0.2) is 28.7 Å². The van der Waals surface area contributed by atoms with Crippen LogP contribution in [0.2, 0.25) is 0 Å². The average molecular weight is 342 g/mol. The molecular weight excluding hydrogens is 322 g/mol. The van der Waals surface area contributed by atoms with Crippen LogP contribution in [0.1, 0.15) is 23.7 Å². The highest BCUT2D eigenvalue weighted by molar-refractivity contribution is 9.10. The van der Waals surface area contributed by atoms with E-state index < -0.39 is 0 Å². The van der Waals surface area contributed by atoms with Crippen LogP contribution in [-0.4, -0.2) is 38.0 Å². The number of halogens is 1. The maximum atomic E-state index is 11.8. The number of rotatable bonds is 8. The highest BCUT2D eigenvalue weighted by atomic mass is 79.9. The Balaban J connectivity index is 2.22. The summed E-state index contributed by atoms with van der Waals surface area (Å²) in [5.74, 6) is -0.447. The van der Waals surface area contributed by atoms with E-state index in [1.165, 1.54) is 0 Å². The van der Waals surface area contributed by atoms with Crippen molar-refractivity contribution in [3.8, 4) is 0 Å². The van der Waals surface area contributed by atoms with Crippen LogP contribution in [0, 0.1) is 0 Å². The van der Waals surface area contributed by atoms with E-state index in [0.29, 0.717) is 12.1 Å². The van der Waals surface area contributed by atoms with Crippen molar-refractivity contribution < 1.29 is 9.59 Å². The minimum atomic E-state index is -0.259. The first-order valence-corrected chi connectivity index (χ1v) is 7.44. The Bertz CT molecular complexity index is 452. The van der Waals surface area contributed by atoms with Crippen LogP contribution < -0.4 is 16.0 Å². The van der Waals surface area contributed by atoms with Gasteiger partial charge in [-0.25, -0.2) is 0 Å². The van der Waals surface area contributed by atoms with Gasteiger partial charge in [-0.15, -0.1) is 0 Å². The molecule has 0 heterocycles. The van der Waals surface area contributed by atoms with Gasteiger partial charge in [-0.3, -0.25) is 9.59 Å². The van der Waals surface area contributed by atoms with Gasteiger partial charge in [0, 0.05) is 23.1 Å². The lowest BCUT2D eigenvalue weighted by atomic mass is 10.2. The fourth-order valence-electron chi connectivity index (χ4n) is 1.55. The van der Waals surface area contributed by atoms with Crippen LogP contribution >= 0.6 is 15.9 Å². The van der Waals surface area contributed by atoms with Gasteiger partial charge in [-0.1, -0.05) is 28.9 Å². The molecule has 1 aromatic rings. The summed E-state index contributed by atoms with van der Waals surface area (Å²) >= 11 is 3.30. The van der Waals surface area contributed by atoms with E-state index in [1.807, 2.05) is 6.07 Å². The monoisotopic (exact) mass is 341 g/mol. The number of amides is 2. The van der Waals surface area contributed by atoms with E-state index in [9.17, 15) is 9.59 Å². The van der Waals surface area contributed by atoms with Gasteiger partial charge in [0.2, 0.25) is 5.91 Å². The second-order valence-corrected chi connectivity index (χ2v) is 5.21. The van der Waals surface area contributed by atoms with E-state index >= 15 is 0 Å². The Morgan fingerprint density at radius 3 is 2.65 bits per heavy atom. The molecule has 0 saturated carbocycles. The lowest BCUT2D eigenvalue weighted by Gasteiger charge is -2.07. The van der Waals surface area contributed by atoms with Crippen molar-refractivity contribution in [1.29, 1.82) is 0 Å². The Morgan fingerprint density at radius 2 is 1.95 bits per heavy atom. The number of nitrogens with one attached hydrogen (secondary N) is 3. The first-order valence-electron chi connectivity index (χ1n) is 6.64. The fourth-order valence-corrected chi connectivity index (χ4v) is 1.95. The molecule has 110 valence electrons. The van der Waals surface area contributed by atoms with Gasteiger partial charge in [0.05, 0.1) is 6.54 Å². The van der Waals surface area contributed by atoms with Gasteiger partial charge >= 0.3 is 0 Å². The van der Waals surface area contributed by atoms with Gasteiger partial charge < -0.3 is 16.0 Å². The Hall–Kier alpha value is -1.40. The van der Waals surface area contributed by atoms with E-state index in [1.54, 1.807) is 18.2 Å². The SMILES string of the molecule is CCCNCCNC(=O)CNC(=O)c1cccc(Br)c1. The maximum Gasteiger partial charge on any atom is 0.251 e. The van der Waals surface area contributed by atoms with Crippen LogP contribution in [0.4, 0.5) is 0 Å². The summed E-state index contributed by atoms with van der Waals surface area (Å²) in [5, 5.41) is 8.50. The van der Waals surface area contributed by atoms with Crippen LogP contribution in [0.3, 0.4) is 0 Å². The van der Waals surface area contributed by atoms with Gasteiger partial charge in [-0.05, 0) is 31.2 Å². The molecule has 1 rings (SSSR count).